The van der Waals surface area contributed by atoms with E-state index in [0.717, 1.165) is 44.9 Å². The highest BCUT2D eigenvalue weighted by molar-refractivity contribution is 5.96. The van der Waals surface area contributed by atoms with Gasteiger partial charge in [0.05, 0.1) is 11.0 Å². The smallest absolute Gasteiger partial charge is 0.321 e. The lowest BCUT2D eigenvalue weighted by molar-refractivity contribution is -0.196. The van der Waals surface area contributed by atoms with E-state index in [1.54, 1.807) is 0 Å². The molecule has 7 heteroatoms. The molecule has 7 nitrogen and oxygen atoms in total. The highest BCUT2D eigenvalue weighted by Gasteiger charge is 2.60. The summed E-state index contributed by atoms with van der Waals surface area (Å²) in [5.74, 6) is -0.262. The Morgan fingerprint density at radius 3 is 2.33 bits per heavy atom. The van der Waals surface area contributed by atoms with Crippen LogP contribution in [0.1, 0.15) is 51.4 Å². The molecule has 0 aromatic heterocycles. The number of rotatable bonds is 4. The SMILES string of the molecule is O=C(COC(=O)C12C[C@H]3C[C@@H](CC(O)(C3)C1)C2)NC(=O)NC1CC1. The standard InChI is InChI=1S/C17H24N2O5/c20-13(19-15(22)18-12-1-2-12)8-24-14(21)16-4-10-3-11(5-16)7-17(23,6-10)9-16/h10-12,23H,1-9H2,(H2,18,19,20,22)/t10-,11-,16?,17?/m1/s1. The number of esters is 1. The third kappa shape index (κ3) is 3.01. The Kier molecular flexibility index (Phi) is 3.60. The van der Waals surface area contributed by atoms with Gasteiger partial charge in [0.15, 0.2) is 6.61 Å². The van der Waals surface area contributed by atoms with Crippen LogP contribution in [0.5, 0.6) is 0 Å². The van der Waals surface area contributed by atoms with Gasteiger partial charge < -0.3 is 15.2 Å². The van der Waals surface area contributed by atoms with Gasteiger partial charge in [0.1, 0.15) is 0 Å². The van der Waals surface area contributed by atoms with E-state index in [2.05, 4.69) is 10.6 Å². The minimum atomic E-state index is -0.741. The monoisotopic (exact) mass is 336 g/mol. The van der Waals surface area contributed by atoms with Crippen molar-refractivity contribution >= 4 is 17.9 Å². The first-order valence-corrected chi connectivity index (χ1v) is 8.86. The molecule has 0 spiro atoms. The van der Waals surface area contributed by atoms with E-state index in [-0.39, 0.29) is 6.04 Å². The molecule has 0 aromatic carbocycles. The van der Waals surface area contributed by atoms with Crippen LogP contribution in [0.3, 0.4) is 0 Å². The van der Waals surface area contributed by atoms with E-state index in [9.17, 15) is 19.5 Å². The fraction of sp³-hybridized carbons (Fsp3) is 0.824. The summed E-state index contributed by atoms with van der Waals surface area (Å²) >= 11 is 0. The van der Waals surface area contributed by atoms with Crippen molar-refractivity contribution in [3.8, 4) is 0 Å². The van der Waals surface area contributed by atoms with Crippen LogP contribution in [0.25, 0.3) is 0 Å². The zero-order valence-electron chi connectivity index (χ0n) is 13.7. The van der Waals surface area contributed by atoms with Gasteiger partial charge in [-0.2, -0.15) is 0 Å². The van der Waals surface area contributed by atoms with Crippen molar-refractivity contribution in [2.45, 2.75) is 63.0 Å². The number of imide groups is 1. The molecule has 0 aliphatic heterocycles. The van der Waals surface area contributed by atoms with E-state index < -0.39 is 35.5 Å². The Labute approximate surface area is 140 Å². The first-order chi connectivity index (χ1) is 11.4. The Morgan fingerprint density at radius 1 is 1.08 bits per heavy atom. The molecule has 4 bridgehead atoms. The lowest BCUT2D eigenvalue weighted by Crippen LogP contribution is -2.58. The minimum absolute atomic E-state index is 0.160. The van der Waals surface area contributed by atoms with Crippen LogP contribution in [0, 0.1) is 17.3 Å². The second-order valence-corrected chi connectivity index (χ2v) is 8.34. The maximum atomic E-state index is 12.6. The number of nitrogens with one attached hydrogen (secondary N) is 2. The summed E-state index contributed by atoms with van der Waals surface area (Å²) < 4.78 is 5.21. The van der Waals surface area contributed by atoms with Crippen LogP contribution in [-0.4, -0.2) is 41.3 Å². The normalized spacial score (nSPS) is 39.4. The molecule has 0 aromatic rings. The van der Waals surface area contributed by atoms with Crippen LogP contribution >= 0.6 is 0 Å². The first-order valence-electron chi connectivity index (χ1n) is 8.86. The van der Waals surface area contributed by atoms with Gasteiger partial charge in [0, 0.05) is 6.04 Å². The maximum absolute atomic E-state index is 12.6. The van der Waals surface area contributed by atoms with Crippen molar-refractivity contribution in [1.82, 2.24) is 10.6 Å². The minimum Gasteiger partial charge on any atom is -0.455 e. The van der Waals surface area contributed by atoms with Crippen LogP contribution in [0.2, 0.25) is 0 Å². The zero-order valence-corrected chi connectivity index (χ0v) is 13.7. The van der Waals surface area contributed by atoms with Crippen molar-refractivity contribution < 1.29 is 24.2 Å². The van der Waals surface area contributed by atoms with Crippen molar-refractivity contribution in [3.05, 3.63) is 0 Å². The molecular weight excluding hydrogens is 312 g/mol. The highest BCUT2D eigenvalue weighted by Crippen LogP contribution is 2.61. The van der Waals surface area contributed by atoms with Gasteiger partial charge >= 0.3 is 12.0 Å². The Bertz CT molecular complexity index is 572. The molecule has 5 fully saturated rings. The van der Waals surface area contributed by atoms with Gasteiger partial charge in [-0.25, -0.2) is 4.79 Å². The third-order valence-corrected chi connectivity index (χ3v) is 5.96. The van der Waals surface area contributed by atoms with Crippen LogP contribution < -0.4 is 10.6 Å². The fourth-order valence-electron chi connectivity index (χ4n) is 5.35. The summed E-state index contributed by atoms with van der Waals surface area (Å²) in [6.07, 6.45) is 6.44. The largest absolute Gasteiger partial charge is 0.455 e. The molecule has 3 amide bonds. The second-order valence-electron chi connectivity index (χ2n) is 8.34. The number of hydrogen-bond donors (Lipinski definition) is 3. The molecule has 5 rings (SSSR count). The predicted octanol–water partition coefficient (Wildman–Crippen LogP) is 0.849. The maximum Gasteiger partial charge on any atom is 0.321 e. The lowest BCUT2D eigenvalue weighted by Gasteiger charge is -2.58. The number of ether oxygens (including phenoxy) is 1. The van der Waals surface area contributed by atoms with Gasteiger partial charge in [-0.15, -0.1) is 0 Å². The Hall–Kier alpha value is -1.63. The summed E-state index contributed by atoms with van der Waals surface area (Å²) in [5, 5.41) is 15.5. The van der Waals surface area contributed by atoms with Crippen molar-refractivity contribution in [3.63, 3.8) is 0 Å². The summed E-state index contributed by atoms with van der Waals surface area (Å²) in [4.78, 5) is 35.9. The number of urea groups is 1. The molecule has 5 aliphatic carbocycles. The Morgan fingerprint density at radius 2 is 1.75 bits per heavy atom. The average molecular weight is 336 g/mol. The quantitative estimate of drug-likeness (QED) is 0.660. The van der Waals surface area contributed by atoms with Crippen molar-refractivity contribution in [1.29, 1.82) is 0 Å². The molecule has 5 saturated carbocycles. The van der Waals surface area contributed by atoms with Crippen LogP contribution in [0.15, 0.2) is 0 Å². The molecule has 3 N–H and O–H groups in total. The van der Waals surface area contributed by atoms with Crippen molar-refractivity contribution in [2.75, 3.05) is 6.61 Å². The van der Waals surface area contributed by atoms with Crippen LogP contribution in [0.4, 0.5) is 4.79 Å². The number of carbonyl (C=O) groups excluding carboxylic acids is 3. The van der Waals surface area contributed by atoms with Gasteiger partial charge in [-0.3, -0.25) is 14.9 Å². The molecule has 24 heavy (non-hydrogen) atoms. The molecule has 132 valence electrons. The zero-order chi connectivity index (χ0) is 16.9. The van der Waals surface area contributed by atoms with Crippen molar-refractivity contribution in [2.24, 2.45) is 17.3 Å². The first kappa shape index (κ1) is 15.9. The molecule has 0 saturated heterocycles. The lowest BCUT2D eigenvalue weighted by atomic mass is 9.48. The number of carbonyl (C=O) groups is 3. The van der Waals surface area contributed by atoms with E-state index >= 15 is 0 Å². The summed E-state index contributed by atoms with van der Waals surface area (Å²) in [6, 6.07) is -0.379. The van der Waals surface area contributed by atoms with E-state index in [1.807, 2.05) is 0 Å². The molecule has 2 atom stereocenters. The van der Waals surface area contributed by atoms with Gasteiger partial charge in [0.2, 0.25) is 0 Å². The van der Waals surface area contributed by atoms with Gasteiger partial charge in [0.25, 0.3) is 5.91 Å². The summed E-state index contributed by atoms with van der Waals surface area (Å²) in [7, 11) is 0. The molecule has 0 radical (unpaired) electrons. The van der Waals surface area contributed by atoms with E-state index in [4.69, 9.17) is 4.74 Å². The molecule has 0 unspecified atom stereocenters. The van der Waals surface area contributed by atoms with E-state index in [1.165, 1.54) is 0 Å². The molecular formula is C17H24N2O5. The summed E-state index contributed by atoms with van der Waals surface area (Å²) in [5.41, 5.74) is -1.38. The predicted molar refractivity (Wildman–Crippen MR) is 82.7 cm³/mol. The average Bonchev–Trinajstić information content (AvgIpc) is 3.25. The van der Waals surface area contributed by atoms with Gasteiger partial charge in [-0.1, -0.05) is 0 Å². The molecule has 5 aliphatic rings. The Balaban J connectivity index is 1.31. The second kappa shape index (κ2) is 5.44. The fourth-order valence-corrected chi connectivity index (χ4v) is 5.35. The van der Waals surface area contributed by atoms with Crippen LogP contribution in [-0.2, 0) is 14.3 Å². The van der Waals surface area contributed by atoms with E-state index in [0.29, 0.717) is 18.3 Å². The highest BCUT2D eigenvalue weighted by atomic mass is 16.5. The topological polar surface area (TPSA) is 105 Å². The molecule has 0 heterocycles. The summed E-state index contributed by atoms with van der Waals surface area (Å²) in [6.45, 7) is -0.452. The third-order valence-electron chi connectivity index (χ3n) is 5.96. The number of aliphatic hydroxyl groups is 1. The number of hydrogen-bond acceptors (Lipinski definition) is 5. The number of amides is 3. The van der Waals surface area contributed by atoms with Gasteiger partial charge in [-0.05, 0) is 63.2 Å².